The molecule has 0 aliphatic heterocycles. The van der Waals surface area contributed by atoms with E-state index in [9.17, 15) is 9.59 Å². The smallest absolute Gasteiger partial charge is 0.280 e. The molecule has 0 saturated heterocycles. The predicted octanol–water partition coefficient (Wildman–Crippen LogP) is 4.46. The highest BCUT2D eigenvalue weighted by Gasteiger charge is 2.37. The van der Waals surface area contributed by atoms with Crippen LogP contribution in [0.5, 0.6) is 5.75 Å². The Hall–Kier alpha value is -3.98. The van der Waals surface area contributed by atoms with Gasteiger partial charge in [0.1, 0.15) is 11.5 Å². The number of nitrogens with one attached hydrogen (secondary N) is 1. The summed E-state index contributed by atoms with van der Waals surface area (Å²) < 4.78 is 14.7. The van der Waals surface area contributed by atoms with Gasteiger partial charge in [0.05, 0.1) is 13.4 Å². The Balaban J connectivity index is 1.72. The maximum Gasteiger partial charge on any atom is 0.280 e. The minimum absolute atomic E-state index is 0.158. The summed E-state index contributed by atoms with van der Waals surface area (Å²) in [5.74, 6) is 0.239. The molecule has 0 radical (unpaired) electrons. The van der Waals surface area contributed by atoms with Gasteiger partial charge in [-0.25, -0.2) is 0 Å². The van der Waals surface area contributed by atoms with Crippen molar-refractivity contribution in [3.63, 3.8) is 0 Å². The number of aromatic nitrogens is 2. The molecule has 0 aliphatic carbocycles. The highest BCUT2D eigenvalue weighted by molar-refractivity contribution is 7.03. The summed E-state index contributed by atoms with van der Waals surface area (Å²) in [5.41, 5.74) is 3.51. The maximum atomic E-state index is 13.7. The Kier molecular flexibility index (Phi) is 7.03. The molecular formula is C25H24N4O4S. The SMILES string of the molecule is COc1ccc(CNC(=O)[C@@H](c2ccco2)N(C(=O)c2csnn2)c2cccc(C)c2C)cc1. The van der Waals surface area contributed by atoms with E-state index >= 15 is 0 Å². The number of anilines is 1. The van der Waals surface area contributed by atoms with Crippen molar-refractivity contribution in [1.82, 2.24) is 14.9 Å². The van der Waals surface area contributed by atoms with Crippen LogP contribution in [0.25, 0.3) is 0 Å². The molecular weight excluding hydrogens is 452 g/mol. The van der Waals surface area contributed by atoms with Gasteiger partial charge in [-0.3, -0.25) is 14.5 Å². The normalized spacial score (nSPS) is 11.6. The molecule has 0 saturated carbocycles. The molecule has 174 valence electrons. The molecule has 2 aromatic heterocycles. The zero-order valence-corrected chi connectivity index (χ0v) is 19.8. The third-order valence-electron chi connectivity index (χ3n) is 5.58. The number of amides is 2. The number of aryl methyl sites for hydroxylation is 1. The Morgan fingerprint density at radius 2 is 1.91 bits per heavy atom. The van der Waals surface area contributed by atoms with E-state index in [1.54, 1.807) is 24.6 Å². The third-order valence-corrected chi connectivity index (χ3v) is 6.08. The highest BCUT2D eigenvalue weighted by atomic mass is 32.1. The number of carbonyl (C=O) groups excluding carboxylic acids is 2. The summed E-state index contributed by atoms with van der Waals surface area (Å²) in [6.45, 7) is 4.14. The van der Waals surface area contributed by atoms with Crippen molar-refractivity contribution in [2.24, 2.45) is 0 Å². The fraction of sp³-hybridized carbons (Fsp3) is 0.200. The van der Waals surface area contributed by atoms with Gasteiger partial charge in [-0.05, 0) is 72.4 Å². The van der Waals surface area contributed by atoms with Gasteiger partial charge in [0.2, 0.25) is 0 Å². The number of furan rings is 1. The topological polar surface area (TPSA) is 97.6 Å². The molecule has 0 unspecified atom stereocenters. The molecule has 1 N–H and O–H groups in total. The van der Waals surface area contributed by atoms with E-state index in [0.29, 0.717) is 11.4 Å². The molecule has 1 atom stereocenters. The summed E-state index contributed by atoms with van der Waals surface area (Å²) in [7, 11) is 1.60. The number of hydrogen-bond acceptors (Lipinski definition) is 7. The van der Waals surface area contributed by atoms with Crippen LogP contribution < -0.4 is 15.0 Å². The lowest BCUT2D eigenvalue weighted by Crippen LogP contribution is -2.44. The highest BCUT2D eigenvalue weighted by Crippen LogP contribution is 2.33. The van der Waals surface area contributed by atoms with Crippen molar-refractivity contribution < 1.29 is 18.7 Å². The van der Waals surface area contributed by atoms with E-state index in [1.165, 1.54) is 11.2 Å². The van der Waals surface area contributed by atoms with E-state index in [0.717, 1.165) is 34.0 Å². The molecule has 2 heterocycles. The molecule has 0 bridgehead atoms. The molecule has 0 fully saturated rings. The van der Waals surface area contributed by atoms with Crippen molar-refractivity contribution in [1.29, 1.82) is 0 Å². The van der Waals surface area contributed by atoms with Crippen LogP contribution in [0.1, 0.15) is 39.0 Å². The lowest BCUT2D eigenvalue weighted by Gasteiger charge is -2.31. The number of carbonyl (C=O) groups is 2. The maximum absolute atomic E-state index is 13.7. The molecule has 0 spiro atoms. The number of ether oxygens (including phenoxy) is 1. The fourth-order valence-electron chi connectivity index (χ4n) is 3.59. The van der Waals surface area contributed by atoms with Gasteiger partial charge in [-0.2, -0.15) is 0 Å². The summed E-state index contributed by atoms with van der Waals surface area (Å²) in [4.78, 5) is 28.7. The lowest BCUT2D eigenvalue weighted by molar-refractivity contribution is -0.123. The van der Waals surface area contributed by atoms with Crippen LogP contribution >= 0.6 is 11.5 Å². The first-order valence-corrected chi connectivity index (χ1v) is 11.4. The summed E-state index contributed by atoms with van der Waals surface area (Å²) in [6.07, 6.45) is 1.48. The zero-order chi connectivity index (χ0) is 24.1. The summed E-state index contributed by atoms with van der Waals surface area (Å²) in [5, 5.41) is 8.46. The largest absolute Gasteiger partial charge is 0.497 e. The molecule has 2 aromatic carbocycles. The van der Waals surface area contributed by atoms with E-state index in [2.05, 4.69) is 14.9 Å². The average molecular weight is 477 g/mol. The minimum Gasteiger partial charge on any atom is -0.497 e. The van der Waals surface area contributed by atoms with Gasteiger partial charge in [0.25, 0.3) is 11.8 Å². The Morgan fingerprint density at radius 3 is 2.56 bits per heavy atom. The van der Waals surface area contributed by atoms with Crippen molar-refractivity contribution in [2.75, 3.05) is 12.0 Å². The molecule has 4 rings (SSSR count). The van der Waals surface area contributed by atoms with Crippen molar-refractivity contribution in [3.8, 4) is 5.75 Å². The van der Waals surface area contributed by atoms with Crippen molar-refractivity contribution in [3.05, 3.63) is 94.4 Å². The monoisotopic (exact) mass is 476 g/mol. The minimum atomic E-state index is -1.05. The van der Waals surface area contributed by atoms with Crippen LogP contribution in [0.2, 0.25) is 0 Å². The predicted molar refractivity (Wildman–Crippen MR) is 129 cm³/mol. The van der Waals surface area contributed by atoms with E-state index < -0.39 is 11.9 Å². The molecule has 9 heteroatoms. The van der Waals surface area contributed by atoms with Gasteiger partial charge in [-0.1, -0.05) is 28.8 Å². The number of rotatable bonds is 8. The van der Waals surface area contributed by atoms with Gasteiger partial charge in [0.15, 0.2) is 11.7 Å². The first kappa shape index (κ1) is 23.2. The van der Waals surface area contributed by atoms with Gasteiger partial charge in [-0.15, -0.1) is 5.10 Å². The van der Waals surface area contributed by atoms with E-state index in [-0.39, 0.29) is 18.1 Å². The first-order chi connectivity index (χ1) is 16.5. The van der Waals surface area contributed by atoms with Gasteiger partial charge in [0, 0.05) is 17.6 Å². The van der Waals surface area contributed by atoms with Crippen LogP contribution in [-0.2, 0) is 11.3 Å². The van der Waals surface area contributed by atoms with Crippen molar-refractivity contribution >= 4 is 29.0 Å². The molecule has 4 aromatic rings. The first-order valence-electron chi connectivity index (χ1n) is 10.6. The summed E-state index contributed by atoms with van der Waals surface area (Å²) >= 11 is 1.07. The van der Waals surface area contributed by atoms with Crippen LogP contribution in [0, 0.1) is 13.8 Å². The Labute approximate surface area is 201 Å². The van der Waals surface area contributed by atoms with Gasteiger partial charge >= 0.3 is 0 Å². The molecule has 2 amide bonds. The van der Waals surface area contributed by atoms with E-state index in [1.807, 2.05) is 56.3 Å². The number of nitrogens with zero attached hydrogens (tertiary/aromatic N) is 3. The standard InChI is InChI=1S/C25H24N4O4S/c1-16-6-4-7-21(17(16)2)29(25(31)20-15-34-28-27-20)23(22-8-5-13-33-22)24(30)26-14-18-9-11-19(32-3)12-10-18/h4-13,15,23H,14H2,1-3H3,(H,26,30)/t23-/m1/s1. The summed E-state index contributed by atoms with van der Waals surface area (Å²) in [6, 6.07) is 15.3. The molecule has 34 heavy (non-hydrogen) atoms. The van der Waals surface area contributed by atoms with Crippen LogP contribution in [0.3, 0.4) is 0 Å². The van der Waals surface area contributed by atoms with Crippen LogP contribution in [0.4, 0.5) is 5.69 Å². The van der Waals surface area contributed by atoms with Crippen molar-refractivity contribution in [2.45, 2.75) is 26.4 Å². The van der Waals surface area contributed by atoms with Crippen LogP contribution in [-0.4, -0.2) is 28.5 Å². The van der Waals surface area contributed by atoms with Crippen LogP contribution in [0.15, 0.2) is 70.7 Å². The number of hydrogen-bond donors (Lipinski definition) is 1. The molecule has 8 nitrogen and oxygen atoms in total. The second-order valence-electron chi connectivity index (χ2n) is 7.67. The lowest BCUT2D eigenvalue weighted by atomic mass is 10.0. The van der Waals surface area contributed by atoms with E-state index in [4.69, 9.17) is 9.15 Å². The zero-order valence-electron chi connectivity index (χ0n) is 19.0. The third kappa shape index (κ3) is 4.84. The number of benzene rings is 2. The molecule has 0 aliphatic rings. The second-order valence-corrected chi connectivity index (χ2v) is 8.28. The Morgan fingerprint density at radius 1 is 1.12 bits per heavy atom. The Bertz CT molecular complexity index is 1250. The quantitative estimate of drug-likeness (QED) is 0.403. The number of methoxy groups -OCH3 is 1. The van der Waals surface area contributed by atoms with Gasteiger partial charge < -0.3 is 14.5 Å². The fourth-order valence-corrected chi connectivity index (χ4v) is 4.02. The second kappa shape index (κ2) is 10.3. The average Bonchev–Trinajstić information content (AvgIpc) is 3.58.